The molecule has 1 fully saturated rings. The lowest BCUT2D eigenvalue weighted by molar-refractivity contribution is -0.132. The van der Waals surface area contributed by atoms with Crippen molar-refractivity contribution in [3.05, 3.63) is 59.0 Å². The third kappa shape index (κ3) is 3.45. The zero-order valence-corrected chi connectivity index (χ0v) is 16.4. The summed E-state index contributed by atoms with van der Waals surface area (Å²) in [5, 5.41) is 7.32. The third-order valence-electron chi connectivity index (χ3n) is 5.00. The molecule has 2 aromatic heterocycles. The van der Waals surface area contributed by atoms with Crippen molar-refractivity contribution in [3.8, 4) is 11.5 Å². The van der Waals surface area contributed by atoms with Gasteiger partial charge < -0.3 is 14.7 Å². The molecule has 1 amide bonds. The summed E-state index contributed by atoms with van der Waals surface area (Å²) in [4.78, 5) is 23.4. The Kier molecular flexibility index (Phi) is 4.77. The van der Waals surface area contributed by atoms with Crippen molar-refractivity contribution >= 4 is 23.3 Å². The third-order valence-corrected chi connectivity index (χ3v) is 5.25. The van der Waals surface area contributed by atoms with Crippen molar-refractivity contribution in [3.63, 3.8) is 0 Å². The maximum Gasteiger partial charge on any atom is 0.258 e. The maximum atomic E-state index is 12.6. The van der Waals surface area contributed by atoms with Gasteiger partial charge in [0.1, 0.15) is 5.82 Å². The van der Waals surface area contributed by atoms with Gasteiger partial charge in [-0.25, -0.2) is 4.98 Å². The lowest BCUT2D eigenvalue weighted by Crippen LogP contribution is -2.64. The molecule has 0 aliphatic carbocycles. The van der Waals surface area contributed by atoms with E-state index in [9.17, 15) is 4.79 Å². The lowest BCUT2D eigenvalue weighted by Gasteiger charge is -2.49. The molecule has 4 rings (SSSR count). The zero-order valence-electron chi connectivity index (χ0n) is 15.6. The molecule has 0 unspecified atom stereocenters. The zero-order chi connectivity index (χ0) is 19.7. The minimum absolute atomic E-state index is 0.0300. The summed E-state index contributed by atoms with van der Waals surface area (Å²) in [5.74, 6) is 1.85. The molecule has 1 N–H and O–H groups in total. The smallest absolute Gasteiger partial charge is 0.258 e. The van der Waals surface area contributed by atoms with E-state index in [4.69, 9.17) is 16.1 Å². The highest BCUT2D eigenvalue weighted by atomic mass is 35.5. The first-order chi connectivity index (χ1) is 13.5. The number of pyridine rings is 1. The van der Waals surface area contributed by atoms with Gasteiger partial charge >= 0.3 is 0 Å². The molecule has 0 bridgehead atoms. The van der Waals surface area contributed by atoms with Crippen molar-refractivity contribution in [2.75, 3.05) is 25.0 Å². The van der Waals surface area contributed by atoms with Crippen LogP contribution in [0.15, 0.2) is 47.1 Å². The number of rotatable bonds is 5. The number of nitrogens with one attached hydrogen (secondary N) is 1. The molecule has 28 heavy (non-hydrogen) atoms. The molecule has 0 radical (unpaired) electrons. The van der Waals surface area contributed by atoms with Crippen LogP contribution in [0.2, 0.25) is 5.02 Å². The number of halogens is 1. The van der Waals surface area contributed by atoms with Gasteiger partial charge in [0, 0.05) is 36.9 Å². The van der Waals surface area contributed by atoms with Crippen LogP contribution in [0, 0.1) is 12.3 Å². The number of benzene rings is 1. The first-order valence-electron chi connectivity index (χ1n) is 8.97. The highest BCUT2D eigenvalue weighted by molar-refractivity contribution is 6.30. The summed E-state index contributed by atoms with van der Waals surface area (Å²) in [6, 6.07) is 11.4. The number of hydrogen-bond acceptors (Lipinski definition) is 6. The highest BCUT2D eigenvalue weighted by Crippen LogP contribution is 2.38. The fraction of sp³-hybridized carbons (Fsp3) is 0.300. The van der Waals surface area contributed by atoms with Crippen LogP contribution in [0.5, 0.6) is 0 Å². The van der Waals surface area contributed by atoms with Crippen molar-refractivity contribution < 1.29 is 9.32 Å². The second-order valence-corrected chi connectivity index (χ2v) is 7.50. The van der Waals surface area contributed by atoms with Gasteiger partial charge in [-0.1, -0.05) is 28.9 Å². The quantitative estimate of drug-likeness (QED) is 0.712. The molecule has 3 heterocycles. The molecule has 0 saturated carbocycles. The van der Waals surface area contributed by atoms with E-state index in [0.717, 1.165) is 16.9 Å². The average molecular weight is 398 g/mol. The predicted molar refractivity (Wildman–Crippen MR) is 106 cm³/mol. The van der Waals surface area contributed by atoms with Gasteiger partial charge in [0.2, 0.25) is 5.91 Å². The SMILES string of the molecule is CNC(=O)C1(Cc2ccc(Cl)cc2)CN(c2cc(-c3nc(C)no3)ccn2)C1. The minimum atomic E-state index is -0.499. The Morgan fingerprint density at radius 2 is 2.04 bits per heavy atom. The monoisotopic (exact) mass is 397 g/mol. The highest BCUT2D eigenvalue weighted by Gasteiger charge is 2.49. The minimum Gasteiger partial charge on any atom is -0.359 e. The Balaban J connectivity index is 1.54. The molecule has 0 spiro atoms. The number of carbonyl (C=O) groups excluding carboxylic acids is 1. The molecule has 0 atom stereocenters. The van der Waals surface area contributed by atoms with E-state index in [1.807, 2.05) is 36.4 Å². The number of hydrogen-bond donors (Lipinski definition) is 1. The second-order valence-electron chi connectivity index (χ2n) is 7.07. The fourth-order valence-corrected chi connectivity index (χ4v) is 3.70. The lowest BCUT2D eigenvalue weighted by atomic mass is 9.73. The van der Waals surface area contributed by atoms with Crippen molar-refractivity contribution in [1.82, 2.24) is 20.4 Å². The Morgan fingerprint density at radius 3 is 2.68 bits per heavy atom. The standard InChI is InChI=1S/C20H20ClN5O2/c1-13-24-18(28-25-13)15-7-8-23-17(9-15)26-11-20(12-26,19(27)22-2)10-14-3-5-16(21)6-4-14/h3-9H,10-12H2,1-2H3,(H,22,27). The van der Waals surface area contributed by atoms with Gasteiger partial charge in [-0.2, -0.15) is 4.98 Å². The van der Waals surface area contributed by atoms with E-state index in [-0.39, 0.29) is 5.91 Å². The second kappa shape index (κ2) is 7.24. The largest absolute Gasteiger partial charge is 0.359 e. The summed E-state index contributed by atoms with van der Waals surface area (Å²) in [7, 11) is 1.67. The Hall–Kier alpha value is -2.93. The van der Waals surface area contributed by atoms with Crippen LogP contribution in [0.3, 0.4) is 0 Å². The van der Waals surface area contributed by atoms with Crippen LogP contribution in [0.1, 0.15) is 11.4 Å². The van der Waals surface area contributed by atoms with E-state index < -0.39 is 5.41 Å². The van der Waals surface area contributed by atoms with Gasteiger partial charge in [-0.15, -0.1) is 0 Å². The number of aryl methyl sites for hydroxylation is 1. The van der Waals surface area contributed by atoms with E-state index >= 15 is 0 Å². The Morgan fingerprint density at radius 1 is 1.29 bits per heavy atom. The fourth-order valence-electron chi connectivity index (χ4n) is 3.58. The summed E-state index contributed by atoms with van der Waals surface area (Å²) < 4.78 is 5.24. The van der Waals surface area contributed by atoms with Gasteiger partial charge in [0.15, 0.2) is 5.82 Å². The molecule has 144 valence electrons. The van der Waals surface area contributed by atoms with Gasteiger partial charge in [0.25, 0.3) is 5.89 Å². The average Bonchev–Trinajstić information content (AvgIpc) is 3.12. The molecule has 1 aliphatic rings. The molecule has 3 aromatic rings. The van der Waals surface area contributed by atoms with Gasteiger partial charge in [-0.05, 0) is 43.2 Å². The van der Waals surface area contributed by atoms with Crippen molar-refractivity contribution in [2.45, 2.75) is 13.3 Å². The summed E-state index contributed by atoms with van der Waals surface area (Å²) >= 11 is 5.98. The van der Waals surface area contributed by atoms with Crippen LogP contribution in [-0.2, 0) is 11.2 Å². The van der Waals surface area contributed by atoms with Crippen LogP contribution in [-0.4, -0.2) is 41.2 Å². The van der Waals surface area contributed by atoms with E-state index in [1.165, 1.54) is 0 Å². The first-order valence-corrected chi connectivity index (χ1v) is 9.35. The molecular formula is C20H20ClN5O2. The summed E-state index contributed by atoms with van der Waals surface area (Å²) in [5.41, 5.74) is 1.39. The molecule has 1 aromatic carbocycles. The Bertz CT molecular complexity index is 996. The van der Waals surface area contributed by atoms with E-state index in [0.29, 0.717) is 36.2 Å². The Labute approximate surface area is 167 Å². The van der Waals surface area contributed by atoms with Crippen LogP contribution in [0.25, 0.3) is 11.5 Å². The van der Waals surface area contributed by atoms with E-state index in [2.05, 4.69) is 25.3 Å². The topological polar surface area (TPSA) is 84.2 Å². The number of nitrogens with zero attached hydrogens (tertiary/aromatic N) is 4. The molecule has 1 saturated heterocycles. The summed E-state index contributed by atoms with van der Waals surface area (Å²) in [6.45, 7) is 2.93. The normalized spacial score (nSPS) is 15.2. The number of anilines is 1. The van der Waals surface area contributed by atoms with Crippen molar-refractivity contribution in [2.24, 2.45) is 5.41 Å². The maximum absolute atomic E-state index is 12.6. The van der Waals surface area contributed by atoms with Crippen LogP contribution < -0.4 is 10.2 Å². The number of amides is 1. The van der Waals surface area contributed by atoms with Gasteiger partial charge in [0.05, 0.1) is 5.41 Å². The first kappa shape index (κ1) is 18.4. The van der Waals surface area contributed by atoms with E-state index in [1.54, 1.807) is 20.2 Å². The van der Waals surface area contributed by atoms with Crippen LogP contribution >= 0.6 is 11.6 Å². The van der Waals surface area contributed by atoms with Gasteiger partial charge in [-0.3, -0.25) is 4.79 Å². The molecule has 1 aliphatic heterocycles. The number of aromatic nitrogens is 3. The molecule has 8 heteroatoms. The summed E-state index contributed by atoms with van der Waals surface area (Å²) in [6.07, 6.45) is 2.35. The predicted octanol–water partition coefficient (Wildman–Crippen LogP) is 2.89. The van der Waals surface area contributed by atoms with Crippen LogP contribution in [0.4, 0.5) is 5.82 Å². The molecule has 7 nitrogen and oxygen atoms in total. The number of carbonyl (C=O) groups is 1. The molecular weight excluding hydrogens is 378 g/mol. The van der Waals surface area contributed by atoms with Crippen molar-refractivity contribution in [1.29, 1.82) is 0 Å².